The van der Waals surface area contributed by atoms with Crippen molar-refractivity contribution in [1.82, 2.24) is 14.4 Å². The fourth-order valence-corrected chi connectivity index (χ4v) is 4.91. The Kier molecular flexibility index (Phi) is 2.35. The van der Waals surface area contributed by atoms with E-state index < -0.39 is 0 Å². The first-order valence-corrected chi connectivity index (χ1v) is 9.24. The van der Waals surface area contributed by atoms with Crippen LogP contribution in [0.15, 0.2) is 54.6 Å². The van der Waals surface area contributed by atoms with Crippen molar-refractivity contribution in [3.05, 3.63) is 66.0 Å². The van der Waals surface area contributed by atoms with Gasteiger partial charge in [0.15, 0.2) is 11.4 Å². The van der Waals surface area contributed by atoms with Crippen LogP contribution in [0, 0.1) is 22.7 Å². The number of nitriles is 2. The van der Waals surface area contributed by atoms with E-state index in [0.29, 0.717) is 11.4 Å². The van der Waals surface area contributed by atoms with Gasteiger partial charge in [-0.2, -0.15) is 10.5 Å². The molecule has 0 saturated heterocycles. The van der Waals surface area contributed by atoms with Crippen molar-refractivity contribution in [1.29, 1.82) is 10.5 Å². The Labute approximate surface area is 164 Å². The maximum atomic E-state index is 9.52. The van der Waals surface area contributed by atoms with Crippen molar-refractivity contribution in [2.24, 2.45) is 0 Å². The maximum absolute atomic E-state index is 9.52. The minimum atomic E-state index is 0.0586. The summed E-state index contributed by atoms with van der Waals surface area (Å²) >= 11 is 0. The Bertz CT molecular complexity index is 1650. The van der Waals surface area contributed by atoms with Crippen molar-refractivity contribution >= 4 is 38.1 Å². The van der Waals surface area contributed by atoms with Crippen molar-refractivity contribution in [3.63, 3.8) is 0 Å². The molecule has 4 heterocycles. The number of hydrogen-bond donors (Lipinski definition) is 0. The van der Waals surface area contributed by atoms with E-state index in [-0.39, 0.29) is 11.4 Å². The summed E-state index contributed by atoms with van der Waals surface area (Å²) in [5.41, 5.74) is 6.60. The third-order valence-corrected chi connectivity index (χ3v) is 5.98. The van der Waals surface area contributed by atoms with E-state index in [0.717, 1.165) is 32.9 Å². The molecule has 0 fully saturated rings. The third-order valence-electron chi connectivity index (χ3n) is 5.98. The molecule has 130 valence electrons. The SMILES string of the molecule is N#Cc1nc2c(nc1C#N)-c1cccc3c4cccc5c6cccc-2c6n(c13)c54. The molecule has 7 rings (SSSR count). The van der Waals surface area contributed by atoms with E-state index in [1.165, 1.54) is 16.3 Å². The predicted octanol–water partition coefficient (Wildman–Crippen LogP) is 5.02. The Balaban J connectivity index is 1.89. The van der Waals surface area contributed by atoms with Crippen molar-refractivity contribution in [2.75, 3.05) is 0 Å². The second kappa shape index (κ2) is 4.67. The number of para-hydroxylation sites is 3. The molecule has 0 spiro atoms. The number of nitrogens with zero attached hydrogens (tertiary/aromatic N) is 5. The Morgan fingerprint density at radius 3 is 1.45 bits per heavy atom. The number of hydrogen-bond acceptors (Lipinski definition) is 4. The van der Waals surface area contributed by atoms with Gasteiger partial charge in [-0.25, -0.2) is 9.97 Å². The second-order valence-electron chi connectivity index (χ2n) is 7.28. The first kappa shape index (κ1) is 14.6. The minimum Gasteiger partial charge on any atom is -0.307 e. The van der Waals surface area contributed by atoms with Crippen LogP contribution in [-0.2, 0) is 0 Å². The minimum absolute atomic E-state index is 0.0586. The molecule has 0 amide bonds. The molecule has 29 heavy (non-hydrogen) atoms. The number of aromatic nitrogens is 3. The summed E-state index contributed by atoms with van der Waals surface area (Å²) in [7, 11) is 0. The molecule has 0 unspecified atom stereocenters. The molecule has 0 bridgehead atoms. The summed E-state index contributed by atoms with van der Waals surface area (Å²) in [5, 5.41) is 23.7. The van der Waals surface area contributed by atoms with Crippen LogP contribution >= 0.6 is 0 Å². The maximum Gasteiger partial charge on any atom is 0.177 e. The number of benzene rings is 3. The molecule has 1 aliphatic heterocycles. The lowest BCUT2D eigenvalue weighted by molar-refractivity contribution is 1.14. The second-order valence-corrected chi connectivity index (χ2v) is 7.28. The summed E-state index contributed by atoms with van der Waals surface area (Å²) in [4.78, 5) is 9.22. The molecule has 3 aromatic heterocycles. The van der Waals surface area contributed by atoms with Gasteiger partial charge in [-0.3, -0.25) is 0 Å². The van der Waals surface area contributed by atoms with Gasteiger partial charge in [-0.15, -0.1) is 0 Å². The fourth-order valence-electron chi connectivity index (χ4n) is 4.91. The third kappa shape index (κ3) is 1.49. The van der Waals surface area contributed by atoms with Gasteiger partial charge in [0.25, 0.3) is 0 Å². The lowest BCUT2D eigenvalue weighted by Gasteiger charge is -2.09. The summed E-state index contributed by atoms with van der Waals surface area (Å²) < 4.78 is 2.31. The van der Waals surface area contributed by atoms with E-state index in [4.69, 9.17) is 0 Å². The molecular formula is C24H9N5. The van der Waals surface area contributed by atoms with Gasteiger partial charge in [0, 0.05) is 32.7 Å². The van der Waals surface area contributed by atoms with Crippen LogP contribution < -0.4 is 0 Å². The highest BCUT2D eigenvalue weighted by atomic mass is 14.9. The van der Waals surface area contributed by atoms with E-state index in [9.17, 15) is 10.5 Å². The van der Waals surface area contributed by atoms with Crippen molar-refractivity contribution < 1.29 is 0 Å². The molecule has 0 aliphatic carbocycles. The zero-order valence-corrected chi connectivity index (χ0v) is 14.9. The summed E-state index contributed by atoms with van der Waals surface area (Å²) in [6.45, 7) is 0. The molecule has 0 saturated carbocycles. The largest absolute Gasteiger partial charge is 0.307 e. The van der Waals surface area contributed by atoms with Crippen LogP contribution in [-0.4, -0.2) is 14.4 Å². The van der Waals surface area contributed by atoms with Crippen molar-refractivity contribution in [2.45, 2.75) is 0 Å². The van der Waals surface area contributed by atoms with Gasteiger partial charge in [0.1, 0.15) is 23.5 Å². The lowest BCUT2D eigenvalue weighted by atomic mass is 10.0. The fraction of sp³-hybridized carbons (Fsp3) is 0. The summed E-state index contributed by atoms with van der Waals surface area (Å²) in [6.07, 6.45) is 0. The molecule has 6 aromatic rings. The van der Waals surface area contributed by atoms with Gasteiger partial charge in [0.05, 0.1) is 16.6 Å². The average Bonchev–Trinajstić information content (AvgIpc) is 3.25. The quantitative estimate of drug-likeness (QED) is 0.377. The molecule has 0 N–H and O–H groups in total. The lowest BCUT2D eigenvalue weighted by Crippen LogP contribution is -2.00. The average molecular weight is 367 g/mol. The van der Waals surface area contributed by atoms with Gasteiger partial charge < -0.3 is 4.40 Å². The molecule has 5 nitrogen and oxygen atoms in total. The smallest absolute Gasteiger partial charge is 0.177 e. The highest BCUT2D eigenvalue weighted by Crippen LogP contribution is 2.48. The van der Waals surface area contributed by atoms with Crippen molar-refractivity contribution in [3.8, 4) is 34.7 Å². The Morgan fingerprint density at radius 2 is 1.00 bits per heavy atom. The van der Waals surface area contributed by atoms with E-state index in [2.05, 4.69) is 44.7 Å². The van der Waals surface area contributed by atoms with Crippen LogP contribution in [0.5, 0.6) is 0 Å². The number of fused-ring (bicyclic) bond motifs is 5. The highest BCUT2D eigenvalue weighted by Gasteiger charge is 2.28. The molecule has 0 radical (unpaired) electrons. The predicted molar refractivity (Wildman–Crippen MR) is 111 cm³/mol. The Morgan fingerprint density at radius 1 is 0.586 bits per heavy atom. The van der Waals surface area contributed by atoms with Crippen LogP contribution in [0.1, 0.15) is 11.4 Å². The van der Waals surface area contributed by atoms with Crippen LogP contribution in [0.4, 0.5) is 0 Å². The van der Waals surface area contributed by atoms with Gasteiger partial charge in [-0.1, -0.05) is 54.6 Å². The molecule has 1 aliphatic rings. The van der Waals surface area contributed by atoms with Crippen LogP contribution in [0.2, 0.25) is 0 Å². The van der Waals surface area contributed by atoms with Gasteiger partial charge in [-0.05, 0) is 0 Å². The van der Waals surface area contributed by atoms with E-state index in [1.54, 1.807) is 0 Å². The highest BCUT2D eigenvalue weighted by molar-refractivity contribution is 6.27. The van der Waals surface area contributed by atoms with E-state index in [1.807, 2.05) is 36.4 Å². The number of rotatable bonds is 0. The molecule has 0 atom stereocenters. The summed E-state index contributed by atoms with van der Waals surface area (Å²) in [6, 6.07) is 22.8. The normalized spacial score (nSPS) is 12.1. The molecular weight excluding hydrogens is 358 g/mol. The monoisotopic (exact) mass is 367 g/mol. The topological polar surface area (TPSA) is 77.8 Å². The standard InChI is InChI=1S/C24H9N5/c25-10-18-19(11-26)28-21-17-9-3-7-15-13-5-1-4-12-14-6-2-8-16(20(21)27-18)23(14)29(22(12)13)24(15)17/h1-9H. The summed E-state index contributed by atoms with van der Waals surface area (Å²) in [5.74, 6) is 0. The molecule has 5 heteroatoms. The zero-order chi connectivity index (χ0) is 19.3. The first-order valence-electron chi connectivity index (χ1n) is 9.24. The van der Waals surface area contributed by atoms with Crippen LogP contribution in [0.3, 0.4) is 0 Å². The Hall–Kier alpha value is -4.48. The van der Waals surface area contributed by atoms with Gasteiger partial charge in [0.2, 0.25) is 0 Å². The van der Waals surface area contributed by atoms with Gasteiger partial charge >= 0.3 is 0 Å². The molecule has 3 aromatic carbocycles. The first-order chi connectivity index (χ1) is 14.3. The van der Waals surface area contributed by atoms with E-state index >= 15 is 0 Å². The zero-order valence-electron chi connectivity index (χ0n) is 14.9. The van der Waals surface area contributed by atoms with Crippen LogP contribution in [0.25, 0.3) is 60.6 Å².